The Kier molecular flexibility index (Phi) is 2.58. The highest BCUT2D eigenvalue weighted by Crippen LogP contribution is 2.29. The molecule has 1 aromatic carbocycles. The minimum absolute atomic E-state index is 0.266. The number of carboxylic acids is 1. The lowest BCUT2D eigenvalue weighted by Gasteiger charge is -2.09. The van der Waals surface area contributed by atoms with Gasteiger partial charge in [-0.2, -0.15) is 0 Å². The highest BCUT2D eigenvalue weighted by Gasteiger charge is 2.22. The van der Waals surface area contributed by atoms with Crippen molar-refractivity contribution >= 4 is 11.7 Å². The average Bonchev–Trinajstić information content (AvgIpc) is 2.97. The van der Waals surface area contributed by atoms with Crippen molar-refractivity contribution in [2.45, 2.75) is 12.8 Å². The van der Waals surface area contributed by atoms with Crippen molar-refractivity contribution in [3.8, 4) is 0 Å². The van der Waals surface area contributed by atoms with Crippen molar-refractivity contribution in [3.63, 3.8) is 0 Å². The summed E-state index contributed by atoms with van der Waals surface area (Å²) in [7, 11) is 0. The van der Waals surface area contributed by atoms with Gasteiger partial charge in [0, 0.05) is 6.54 Å². The van der Waals surface area contributed by atoms with E-state index in [0.717, 1.165) is 12.6 Å². The van der Waals surface area contributed by atoms with E-state index >= 15 is 0 Å². The summed E-state index contributed by atoms with van der Waals surface area (Å²) < 4.78 is 13.2. The Hall–Kier alpha value is -1.58. The molecule has 0 spiro atoms. The molecule has 15 heavy (non-hydrogen) atoms. The van der Waals surface area contributed by atoms with Gasteiger partial charge in [-0.1, -0.05) is 6.07 Å². The molecule has 4 heteroatoms. The highest BCUT2D eigenvalue weighted by molar-refractivity contribution is 5.94. The molecule has 0 atom stereocenters. The van der Waals surface area contributed by atoms with Gasteiger partial charge in [-0.15, -0.1) is 0 Å². The predicted molar refractivity (Wildman–Crippen MR) is 54.6 cm³/mol. The van der Waals surface area contributed by atoms with E-state index in [9.17, 15) is 9.18 Å². The smallest absolute Gasteiger partial charge is 0.340 e. The summed E-state index contributed by atoms with van der Waals surface area (Å²) in [5.41, 5.74) is 0.104. The SMILES string of the molecule is O=C(O)c1c(F)cccc1NCC1CC1. The lowest BCUT2D eigenvalue weighted by Crippen LogP contribution is -2.10. The van der Waals surface area contributed by atoms with Crippen molar-refractivity contribution in [3.05, 3.63) is 29.6 Å². The summed E-state index contributed by atoms with van der Waals surface area (Å²) in [6, 6.07) is 4.26. The van der Waals surface area contributed by atoms with Gasteiger partial charge in [0.05, 0.1) is 5.69 Å². The minimum atomic E-state index is -1.23. The molecular formula is C11H12FNO2. The molecule has 1 aliphatic rings. The fourth-order valence-electron chi connectivity index (χ4n) is 1.47. The van der Waals surface area contributed by atoms with Crippen molar-refractivity contribution in [2.75, 3.05) is 11.9 Å². The van der Waals surface area contributed by atoms with E-state index in [4.69, 9.17) is 5.11 Å². The number of aromatic carboxylic acids is 1. The number of carboxylic acid groups (broad SMARTS) is 1. The number of anilines is 1. The van der Waals surface area contributed by atoms with Crippen molar-refractivity contribution in [1.29, 1.82) is 0 Å². The molecule has 1 aromatic rings. The molecule has 0 aliphatic heterocycles. The number of nitrogens with one attached hydrogen (secondary N) is 1. The van der Waals surface area contributed by atoms with Crippen LogP contribution in [0.15, 0.2) is 18.2 Å². The number of halogens is 1. The zero-order valence-electron chi connectivity index (χ0n) is 8.16. The first-order valence-electron chi connectivity index (χ1n) is 4.94. The quantitative estimate of drug-likeness (QED) is 0.800. The first kappa shape index (κ1) is 9.96. The van der Waals surface area contributed by atoms with Crippen LogP contribution in [0.3, 0.4) is 0 Å². The lowest BCUT2D eigenvalue weighted by molar-refractivity contribution is 0.0693. The van der Waals surface area contributed by atoms with Crippen molar-refractivity contribution < 1.29 is 14.3 Å². The van der Waals surface area contributed by atoms with Gasteiger partial charge in [-0.05, 0) is 30.9 Å². The number of carbonyl (C=O) groups is 1. The molecule has 0 aromatic heterocycles. The van der Waals surface area contributed by atoms with Gasteiger partial charge < -0.3 is 10.4 Å². The maximum absolute atomic E-state index is 13.2. The number of rotatable bonds is 4. The summed E-state index contributed by atoms with van der Waals surface area (Å²) in [6.07, 6.45) is 2.34. The Bertz CT molecular complexity index is 388. The fraction of sp³-hybridized carbons (Fsp3) is 0.364. The Balaban J connectivity index is 2.19. The molecule has 2 rings (SSSR count). The predicted octanol–water partition coefficient (Wildman–Crippen LogP) is 2.35. The van der Waals surface area contributed by atoms with Gasteiger partial charge in [0.15, 0.2) is 0 Å². The monoisotopic (exact) mass is 209 g/mol. The number of hydrogen-bond donors (Lipinski definition) is 2. The zero-order chi connectivity index (χ0) is 10.8. The van der Waals surface area contributed by atoms with Crippen LogP contribution in [0.25, 0.3) is 0 Å². The lowest BCUT2D eigenvalue weighted by atomic mass is 10.1. The highest BCUT2D eigenvalue weighted by atomic mass is 19.1. The zero-order valence-corrected chi connectivity index (χ0v) is 8.16. The third-order valence-corrected chi connectivity index (χ3v) is 2.51. The van der Waals surface area contributed by atoms with Crippen LogP contribution in [-0.2, 0) is 0 Å². The number of hydrogen-bond acceptors (Lipinski definition) is 2. The van der Waals surface area contributed by atoms with Crippen molar-refractivity contribution in [1.82, 2.24) is 0 Å². The summed E-state index contributed by atoms with van der Waals surface area (Å²) in [6.45, 7) is 0.726. The molecular weight excluding hydrogens is 197 g/mol. The molecule has 0 bridgehead atoms. The van der Waals surface area contributed by atoms with E-state index in [1.807, 2.05) is 0 Å². The van der Waals surface area contributed by atoms with Gasteiger partial charge in [0.2, 0.25) is 0 Å². The van der Waals surface area contributed by atoms with Crippen LogP contribution in [0.5, 0.6) is 0 Å². The van der Waals surface area contributed by atoms with Crippen LogP contribution in [0.4, 0.5) is 10.1 Å². The summed E-state index contributed by atoms with van der Waals surface area (Å²) in [5, 5.41) is 11.8. The Morgan fingerprint density at radius 3 is 2.87 bits per heavy atom. The van der Waals surface area contributed by atoms with Crippen LogP contribution in [0.2, 0.25) is 0 Å². The first-order chi connectivity index (χ1) is 7.18. The first-order valence-corrected chi connectivity index (χ1v) is 4.94. The molecule has 0 amide bonds. The van der Waals surface area contributed by atoms with E-state index in [1.54, 1.807) is 6.07 Å². The molecule has 1 saturated carbocycles. The van der Waals surface area contributed by atoms with E-state index in [-0.39, 0.29) is 5.56 Å². The van der Waals surface area contributed by atoms with E-state index in [0.29, 0.717) is 11.6 Å². The fourth-order valence-corrected chi connectivity index (χ4v) is 1.47. The normalized spacial score (nSPS) is 15.0. The third kappa shape index (κ3) is 2.26. The molecule has 1 aliphatic carbocycles. The summed E-state index contributed by atoms with van der Waals surface area (Å²) in [5.74, 6) is -1.30. The molecule has 0 radical (unpaired) electrons. The van der Waals surface area contributed by atoms with Gasteiger partial charge in [-0.25, -0.2) is 9.18 Å². The van der Waals surface area contributed by atoms with E-state index < -0.39 is 11.8 Å². The molecule has 80 valence electrons. The Morgan fingerprint density at radius 1 is 1.53 bits per heavy atom. The van der Waals surface area contributed by atoms with Gasteiger partial charge in [0.25, 0.3) is 0 Å². The van der Waals surface area contributed by atoms with Crippen LogP contribution < -0.4 is 5.32 Å². The Labute approximate surface area is 86.9 Å². The van der Waals surface area contributed by atoms with E-state index in [1.165, 1.54) is 18.9 Å². The maximum Gasteiger partial charge on any atom is 0.340 e. The molecule has 0 saturated heterocycles. The molecule has 1 fully saturated rings. The summed E-state index contributed by atoms with van der Waals surface area (Å²) in [4.78, 5) is 10.8. The molecule has 0 heterocycles. The molecule has 2 N–H and O–H groups in total. The third-order valence-electron chi connectivity index (χ3n) is 2.51. The second kappa shape index (κ2) is 3.88. The molecule has 0 unspecified atom stereocenters. The summed E-state index contributed by atoms with van der Waals surface area (Å²) >= 11 is 0. The van der Waals surface area contributed by atoms with Crippen LogP contribution in [0.1, 0.15) is 23.2 Å². The topological polar surface area (TPSA) is 49.3 Å². The second-order valence-electron chi connectivity index (χ2n) is 3.79. The number of benzene rings is 1. The van der Waals surface area contributed by atoms with E-state index in [2.05, 4.69) is 5.32 Å². The van der Waals surface area contributed by atoms with Crippen LogP contribution in [0, 0.1) is 11.7 Å². The van der Waals surface area contributed by atoms with Gasteiger partial charge in [0.1, 0.15) is 11.4 Å². The average molecular weight is 209 g/mol. The standard InChI is InChI=1S/C11H12FNO2/c12-8-2-1-3-9(10(8)11(14)15)13-6-7-4-5-7/h1-3,7,13H,4-6H2,(H,14,15). The largest absolute Gasteiger partial charge is 0.478 e. The molecule has 3 nitrogen and oxygen atoms in total. The van der Waals surface area contributed by atoms with Crippen molar-refractivity contribution in [2.24, 2.45) is 5.92 Å². The Morgan fingerprint density at radius 2 is 2.27 bits per heavy atom. The van der Waals surface area contributed by atoms with Gasteiger partial charge in [-0.3, -0.25) is 0 Å². The van der Waals surface area contributed by atoms with Crippen LogP contribution >= 0.6 is 0 Å². The minimum Gasteiger partial charge on any atom is -0.478 e. The second-order valence-corrected chi connectivity index (χ2v) is 3.79. The van der Waals surface area contributed by atoms with Crippen LogP contribution in [-0.4, -0.2) is 17.6 Å². The van der Waals surface area contributed by atoms with Gasteiger partial charge >= 0.3 is 5.97 Å². The maximum atomic E-state index is 13.2.